The van der Waals surface area contributed by atoms with Crippen molar-refractivity contribution in [2.24, 2.45) is 5.41 Å². The van der Waals surface area contributed by atoms with E-state index in [0.29, 0.717) is 23.7 Å². The zero-order valence-electron chi connectivity index (χ0n) is 13.8. The molecular weight excluding hydrogens is 340 g/mol. The van der Waals surface area contributed by atoms with Gasteiger partial charge in [-0.1, -0.05) is 48.0 Å². The van der Waals surface area contributed by atoms with Crippen LogP contribution in [0.1, 0.15) is 13.3 Å². The molecule has 25 heavy (non-hydrogen) atoms. The van der Waals surface area contributed by atoms with E-state index in [9.17, 15) is 14.7 Å². The molecule has 2 aromatic carbocycles. The molecule has 0 saturated carbocycles. The lowest BCUT2D eigenvalue weighted by atomic mass is 9.90. The molecule has 0 aliphatic carbocycles. The summed E-state index contributed by atoms with van der Waals surface area (Å²) in [5.41, 5.74) is 1.58. The van der Waals surface area contributed by atoms with Crippen molar-refractivity contribution in [3.8, 4) is 11.1 Å². The van der Waals surface area contributed by atoms with Crippen LogP contribution in [0, 0.1) is 5.41 Å². The Labute approximate surface area is 151 Å². The number of hydrogen-bond donors (Lipinski definition) is 2. The van der Waals surface area contributed by atoms with Crippen molar-refractivity contribution in [1.29, 1.82) is 0 Å². The summed E-state index contributed by atoms with van der Waals surface area (Å²) < 4.78 is 0. The molecular formula is C19H19ClN2O3. The van der Waals surface area contributed by atoms with Crippen LogP contribution in [0.4, 0.5) is 10.5 Å². The molecule has 2 aromatic rings. The minimum Gasteiger partial charge on any atom is -0.481 e. The van der Waals surface area contributed by atoms with Gasteiger partial charge in [0.2, 0.25) is 0 Å². The van der Waals surface area contributed by atoms with E-state index in [0.717, 1.165) is 11.1 Å². The van der Waals surface area contributed by atoms with Crippen molar-refractivity contribution in [3.63, 3.8) is 0 Å². The fourth-order valence-corrected chi connectivity index (χ4v) is 3.10. The number of hydrogen-bond acceptors (Lipinski definition) is 2. The number of rotatable bonds is 3. The topological polar surface area (TPSA) is 69.6 Å². The number of carboxylic acid groups (broad SMARTS) is 1. The summed E-state index contributed by atoms with van der Waals surface area (Å²) >= 11 is 6.21. The van der Waals surface area contributed by atoms with Gasteiger partial charge >= 0.3 is 12.0 Å². The van der Waals surface area contributed by atoms with Gasteiger partial charge < -0.3 is 15.3 Å². The van der Waals surface area contributed by atoms with Crippen LogP contribution in [-0.4, -0.2) is 35.1 Å². The number of nitrogens with one attached hydrogen (secondary N) is 1. The number of benzene rings is 2. The number of halogens is 1. The van der Waals surface area contributed by atoms with Gasteiger partial charge in [0.15, 0.2) is 0 Å². The maximum absolute atomic E-state index is 12.5. The van der Waals surface area contributed by atoms with Crippen LogP contribution in [0.3, 0.4) is 0 Å². The smallest absolute Gasteiger partial charge is 0.321 e. The van der Waals surface area contributed by atoms with Crippen LogP contribution in [0.25, 0.3) is 11.1 Å². The highest BCUT2D eigenvalue weighted by Gasteiger charge is 2.42. The Morgan fingerprint density at radius 1 is 1.16 bits per heavy atom. The SMILES string of the molecule is CC1(C(=O)O)CCN(C(=O)Nc2cc(-c3ccccc3)ccc2Cl)C1. The number of likely N-dealkylation sites (tertiary alicyclic amines) is 1. The van der Waals surface area contributed by atoms with Gasteiger partial charge in [-0.2, -0.15) is 0 Å². The molecule has 1 heterocycles. The van der Waals surface area contributed by atoms with Gasteiger partial charge in [-0.25, -0.2) is 4.79 Å². The van der Waals surface area contributed by atoms with Crippen molar-refractivity contribution in [3.05, 3.63) is 53.6 Å². The van der Waals surface area contributed by atoms with Gasteiger partial charge in [0.1, 0.15) is 0 Å². The first-order valence-corrected chi connectivity index (χ1v) is 8.41. The lowest BCUT2D eigenvalue weighted by molar-refractivity contribution is -0.146. The highest BCUT2D eigenvalue weighted by molar-refractivity contribution is 6.33. The minimum atomic E-state index is -0.896. The van der Waals surface area contributed by atoms with Gasteiger partial charge in [0.05, 0.1) is 16.1 Å². The van der Waals surface area contributed by atoms with E-state index >= 15 is 0 Å². The molecule has 1 unspecified atom stereocenters. The highest BCUT2D eigenvalue weighted by Crippen LogP contribution is 2.32. The Kier molecular flexibility index (Phi) is 4.68. The highest BCUT2D eigenvalue weighted by atomic mass is 35.5. The average molecular weight is 359 g/mol. The summed E-state index contributed by atoms with van der Waals surface area (Å²) in [5.74, 6) is -0.882. The summed E-state index contributed by atoms with van der Waals surface area (Å²) in [4.78, 5) is 25.3. The Bertz CT molecular complexity index is 810. The van der Waals surface area contributed by atoms with Crippen molar-refractivity contribution in [1.82, 2.24) is 4.90 Å². The molecule has 1 saturated heterocycles. The molecule has 2 amide bonds. The second-order valence-electron chi connectivity index (χ2n) is 6.53. The molecule has 0 aromatic heterocycles. The zero-order chi connectivity index (χ0) is 18.0. The molecule has 0 spiro atoms. The van der Waals surface area contributed by atoms with Gasteiger partial charge in [0, 0.05) is 13.1 Å². The molecule has 130 valence electrons. The molecule has 6 heteroatoms. The second kappa shape index (κ2) is 6.76. The van der Waals surface area contributed by atoms with E-state index in [1.54, 1.807) is 13.0 Å². The first kappa shape index (κ1) is 17.3. The summed E-state index contributed by atoms with van der Waals surface area (Å²) in [6.07, 6.45) is 0.438. The Balaban J connectivity index is 1.77. The van der Waals surface area contributed by atoms with E-state index in [2.05, 4.69) is 5.32 Å². The summed E-state index contributed by atoms with van der Waals surface area (Å²) in [6, 6.07) is 14.9. The third-order valence-electron chi connectivity index (χ3n) is 4.59. The van der Waals surface area contributed by atoms with Crippen LogP contribution < -0.4 is 5.32 Å². The minimum absolute atomic E-state index is 0.185. The summed E-state index contributed by atoms with van der Waals surface area (Å²) in [7, 11) is 0. The van der Waals surface area contributed by atoms with Crippen LogP contribution in [0.5, 0.6) is 0 Å². The second-order valence-corrected chi connectivity index (χ2v) is 6.94. The molecule has 3 rings (SSSR count). The van der Waals surface area contributed by atoms with Crippen molar-refractivity contribution in [2.75, 3.05) is 18.4 Å². The van der Waals surface area contributed by atoms with Gasteiger partial charge in [-0.3, -0.25) is 4.79 Å². The molecule has 5 nitrogen and oxygen atoms in total. The normalized spacial score (nSPS) is 19.7. The quantitative estimate of drug-likeness (QED) is 0.857. The molecule has 1 aliphatic heterocycles. The number of urea groups is 1. The van der Waals surface area contributed by atoms with Gasteiger partial charge in [-0.15, -0.1) is 0 Å². The predicted octanol–water partition coefficient (Wildman–Crippen LogP) is 4.34. The lowest BCUT2D eigenvalue weighted by Gasteiger charge is -2.21. The largest absolute Gasteiger partial charge is 0.481 e. The number of carbonyl (C=O) groups is 2. The number of amides is 2. The number of carbonyl (C=O) groups excluding carboxylic acids is 1. The van der Waals surface area contributed by atoms with Gasteiger partial charge in [0.25, 0.3) is 0 Å². The molecule has 1 fully saturated rings. The Morgan fingerprint density at radius 2 is 1.88 bits per heavy atom. The molecule has 1 atom stereocenters. The third kappa shape index (κ3) is 3.61. The number of carboxylic acids is 1. The van der Waals surface area contributed by atoms with E-state index in [4.69, 9.17) is 11.6 Å². The number of nitrogens with zero attached hydrogens (tertiary/aromatic N) is 1. The van der Waals surface area contributed by atoms with Crippen LogP contribution in [0.15, 0.2) is 48.5 Å². The van der Waals surface area contributed by atoms with E-state index in [1.165, 1.54) is 4.90 Å². The first-order chi connectivity index (χ1) is 11.9. The van der Waals surface area contributed by atoms with E-state index < -0.39 is 11.4 Å². The lowest BCUT2D eigenvalue weighted by Crippen LogP contribution is -2.37. The zero-order valence-corrected chi connectivity index (χ0v) is 14.6. The molecule has 0 bridgehead atoms. The van der Waals surface area contributed by atoms with Crippen LogP contribution in [-0.2, 0) is 4.79 Å². The third-order valence-corrected chi connectivity index (χ3v) is 4.92. The predicted molar refractivity (Wildman–Crippen MR) is 97.8 cm³/mol. The number of aliphatic carboxylic acids is 1. The molecule has 0 radical (unpaired) electrons. The Morgan fingerprint density at radius 3 is 2.52 bits per heavy atom. The molecule has 2 N–H and O–H groups in total. The fraction of sp³-hybridized carbons (Fsp3) is 0.263. The first-order valence-electron chi connectivity index (χ1n) is 8.03. The van der Waals surface area contributed by atoms with Crippen molar-refractivity contribution >= 4 is 29.3 Å². The van der Waals surface area contributed by atoms with E-state index in [-0.39, 0.29) is 12.6 Å². The van der Waals surface area contributed by atoms with Crippen molar-refractivity contribution in [2.45, 2.75) is 13.3 Å². The van der Waals surface area contributed by atoms with E-state index in [1.807, 2.05) is 42.5 Å². The fourth-order valence-electron chi connectivity index (χ4n) is 2.93. The maximum atomic E-state index is 12.5. The summed E-state index contributed by atoms with van der Waals surface area (Å²) in [5, 5.41) is 12.5. The monoisotopic (exact) mass is 358 g/mol. The standard InChI is InChI=1S/C19H19ClN2O3/c1-19(17(23)24)9-10-22(12-19)18(25)21-16-11-14(7-8-15(16)20)13-5-3-2-4-6-13/h2-8,11H,9-10,12H2,1H3,(H,21,25)(H,23,24). The summed E-state index contributed by atoms with van der Waals surface area (Å²) in [6.45, 7) is 2.25. The van der Waals surface area contributed by atoms with Crippen LogP contribution >= 0.6 is 11.6 Å². The number of anilines is 1. The average Bonchev–Trinajstić information content (AvgIpc) is 3.02. The Hall–Kier alpha value is -2.53. The van der Waals surface area contributed by atoms with Crippen molar-refractivity contribution < 1.29 is 14.7 Å². The van der Waals surface area contributed by atoms with Crippen LogP contribution in [0.2, 0.25) is 5.02 Å². The van der Waals surface area contributed by atoms with Gasteiger partial charge in [-0.05, 0) is 36.6 Å². The maximum Gasteiger partial charge on any atom is 0.321 e. The molecule has 1 aliphatic rings.